The highest BCUT2D eigenvalue weighted by Gasteiger charge is 2.17. The van der Waals surface area contributed by atoms with Crippen LogP contribution in [-0.4, -0.2) is 24.0 Å². The van der Waals surface area contributed by atoms with Gasteiger partial charge in [0.2, 0.25) is 0 Å². The van der Waals surface area contributed by atoms with Crippen LogP contribution >= 0.6 is 11.6 Å². The minimum atomic E-state index is -0.507. The maximum absolute atomic E-state index is 12.1. The molecule has 0 spiro atoms. The summed E-state index contributed by atoms with van der Waals surface area (Å²) in [7, 11) is 0. The second-order valence-corrected chi connectivity index (χ2v) is 5.15. The first-order valence-corrected chi connectivity index (χ1v) is 7.28. The number of carbonyl (C=O) groups excluding carboxylic acids is 1. The van der Waals surface area contributed by atoms with Crippen molar-refractivity contribution in [3.8, 4) is 5.75 Å². The van der Waals surface area contributed by atoms with E-state index >= 15 is 0 Å². The summed E-state index contributed by atoms with van der Waals surface area (Å²) in [6, 6.07) is 11.4. The number of ether oxygens (including phenoxy) is 1. The summed E-state index contributed by atoms with van der Waals surface area (Å²) in [5.74, 6) is 0.156. The van der Waals surface area contributed by atoms with Crippen molar-refractivity contribution >= 4 is 23.2 Å². The number of amides is 1. The van der Waals surface area contributed by atoms with Crippen molar-refractivity contribution in [2.75, 3.05) is 13.2 Å². The Morgan fingerprint density at radius 1 is 1.26 bits per heavy atom. The molecule has 0 saturated heterocycles. The molecule has 0 radical (unpaired) electrons. The number of para-hydroxylation sites is 1. The second kappa shape index (κ2) is 7.60. The van der Waals surface area contributed by atoms with Gasteiger partial charge in [0.25, 0.3) is 11.6 Å². The normalized spacial score (nSPS) is 10.2. The van der Waals surface area contributed by atoms with E-state index in [0.29, 0.717) is 16.3 Å². The molecule has 1 N–H and O–H groups in total. The summed E-state index contributed by atoms with van der Waals surface area (Å²) in [4.78, 5) is 22.5. The van der Waals surface area contributed by atoms with E-state index in [-0.39, 0.29) is 30.3 Å². The Morgan fingerprint density at radius 2 is 2.00 bits per heavy atom. The van der Waals surface area contributed by atoms with Gasteiger partial charge in [-0.25, -0.2) is 0 Å². The highest BCUT2D eigenvalue weighted by molar-refractivity contribution is 6.32. The third-order valence-electron chi connectivity index (χ3n) is 3.23. The van der Waals surface area contributed by atoms with Gasteiger partial charge in [0, 0.05) is 17.2 Å². The van der Waals surface area contributed by atoms with Gasteiger partial charge in [-0.3, -0.25) is 14.9 Å². The highest BCUT2D eigenvalue weighted by Crippen LogP contribution is 2.23. The summed E-state index contributed by atoms with van der Waals surface area (Å²) in [5.41, 5.74) is 0.531. The van der Waals surface area contributed by atoms with E-state index in [1.54, 1.807) is 37.3 Å². The third-order valence-corrected chi connectivity index (χ3v) is 3.54. The molecule has 120 valence electrons. The quantitative estimate of drug-likeness (QED) is 0.499. The van der Waals surface area contributed by atoms with Crippen molar-refractivity contribution < 1.29 is 14.5 Å². The van der Waals surface area contributed by atoms with Gasteiger partial charge in [0.15, 0.2) is 0 Å². The standard InChI is InChI=1S/C16H15ClN2O4/c1-11-12(5-4-7-14(11)19(21)22)16(20)18-9-10-23-15-8-3-2-6-13(15)17/h2-8H,9-10H2,1H3,(H,18,20). The van der Waals surface area contributed by atoms with E-state index in [1.165, 1.54) is 12.1 Å². The number of hydrogen-bond acceptors (Lipinski definition) is 4. The molecule has 2 aromatic rings. The monoisotopic (exact) mass is 334 g/mol. The molecule has 0 aliphatic carbocycles. The van der Waals surface area contributed by atoms with Gasteiger partial charge in [0.05, 0.1) is 16.5 Å². The first-order valence-electron chi connectivity index (χ1n) is 6.90. The van der Waals surface area contributed by atoms with E-state index < -0.39 is 4.92 Å². The Morgan fingerprint density at radius 3 is 2.70 bits per heavy atom. The molecule has 1 amide bonds. The number of carbonyl (C=O) groups is 1. The fraction of sp³-hybridized carbons (Fsp3) is 0.188. The summed E-state index contributed by atoms with van der Waals surface area (Å²) in [5, 5.41) is 14.0. The van der Waals surface area contributed by atoms with Gasteiger partial charge in [-0.15, -0.1) is 0 Å². The lowest BCUT2D eigenvalue weighted by molar-refractivity contribution is -0.385. The second-order valence-electron chi connectivity index (χ2n) is 4.74. The predicted molar refractivity (Wildman–Crippen MR) is 87.1 cm³/mol. The van der Waals surface area contributed by atoms with Crippen LogP contribution in [-0.2, 0) is 0 Å². The van der Waals surface area contributed by atoms with E-state index in [4.69, 9.17) is 16.3 Å². The zero-order valence-corrected chi connectivity index (χ0v) is 13.2. The average molecular weight is 335 g/mol. The number of rotatable bonds is 6. The molecule has 0 atom stereocenters. The molecule has 0 unspecified atom stereocenters. The summed E-state index contributed by atoms with van der Waals surface area (Å²) >= 11 is 5.95. The summed E-state index contributed by atoms with van der Waals surface area (Å²) in [6.07, 6.45) is 0. The van der Waals surface area contributed by atoms with Crippen molar-refractivity contribution in [2.45, 2.75) is 6.92 Å². The minimum absolute atomic E-state index is 0.0787. The van der Waals surface area contributed by atoms with Gasteiger partial charge in [-0.05, 0) is 25.1 Å². The number of nitrogens with one attached hydrogen (secondary N) is 1. The lowest BCUT2D eigenvalue weighted by Crippen LogP contribution is -2.28. The molecule has 2 rings (SSSR count). The third kappa shape index (κ3) is 4.20. The van der Waals surface area contributed by atoms with Gasteiger partial charge in [0.1, 0.15) is 12.4 Å². The fourth-order valence-corrected chi connectivity index (χ4v) is 2.24. The molecular formula is C16H15ClN2O4. The molecule has 0 heterocycles. The van der Waals surface area contributed by atoms with Crippen LogP contribution in [0.15, 0.2) is 42.5 Å². The fourth-order valence-electron chi connectivity index (χ4n) is 2.05. The van der Waals surface area contributed by atoms with Gasteiger partial charge in [-0.2, -0.15) is 0 Å². The van der Waals surface area contributed by atoms with Crippen LogP contribution in [0, 0.1) is 17.0 Å². The van der Waals surface area contributed by atoms with Crippen LogP contribution in [0.1, 0.15) is 15.9 Å². The van der Waals surface area contributed by atoms with Crippen molar-refractivity contribution in [3.05, 3.63) is 68.7 Å². The molecular weight excluding hydrogens is 320 g/mol. The lowest BCUT2D eigenvalue weighted by Gasteiger charge is -2.10. The van der Waals surface area contributed by atoms with Gasteiger partial charge in [-0.1, -0.05) is 29.8 Å². The summed E-state index contributed by atoms with van der Waals surface area (Å²) < 4.78 is 5.46. The van der Waals surface area contributed by atoms with Crippen LogP contribution in [0.5, 0.6) is 5.75 Å². The van der Waals surface area contributed by atoms with E-state index in [1.807, 2.05) is 0 Å². The van der Waals surface area contributed by atoms with Crippen molar-refractivity contribution in [1.82, 2.24) is 5.32 Å². The lowest BCUT2D eigenvalue weighted by atomic mass is 10.1. The summed E-state index contributed by atoms with van der Waals surface area (Å²) in [6.45, 7) is 2.04. The van der Waals surface area contributed by atoms with Crippen LogP contribution in [0.2, 0.25) is 5.02 Å². The zero-order valence-electron chi connectivity index (χ0n) is 12.4. The largest absolute Gasteiger partial charge is 0.490 e. The smallest absolute Gasteiger partial charge is 0.273 e. The topological polar surface area (TPSA) is 81.5 Å². The molecule has 0 aliphatic heterocycles. The SMILES string of the molecule is Cc1c(C(=O)NCCOc2ccccc2Cl)cccc1[N+](=O)[O-]. The van der Waals surface area contributed by atoms with Crippen LogP contribution in [0.25, 0.3) is 0 Å². The van der Waals surface area contributed by atoms with Crippen molar-refractivity contribution in [2.24, 2.45) is 0 Å². The van der Waals surface area contributed by atoms with E-state index in [0.717, 1.165) is 0 Å². The van der Waals surface area contributed by atoms with Crippen LogP contribution in [0.4, 0.5) is 5.69 Å². The minimum Gasteiger partial charge on any atom is -0.490 e. The Hall–Kier alpha value is -2.60. The molecule has 23 heavy (non-hydrogen) atoms. The predicted octanol–water partition coefficient (Wildman–Crippen LogP) is 3.37. The average Bonchev–Trinajstić information content (AvgIpc) is 2.52. The van der Waals surface area contributed by atoms with Crippen LogP contribution in [0.3, 0.4) is 0 Å². The molecule has 0 aromatic heterocycles. The van der Waals surface area contributed by atoms with Gasteiger partial charge < -0.3 is 10.1 Å². The van der Waals surface area contributed by atoms with Crippen LogP contribution < -0.4 is 10.1 Å². The number of nitro benzene ring substituents is 1. The van der Waals surface area contributed by atoms with E-state index in [9.17, 15) is 14.9 Å². The molecule has 0 fully saturated rings. The Labute approximate surface area is 138 Å². The highest BCUT2D eigenvalue weighted by atomic mass is 35.5. The number of benzene rings is 2. The molecule has 2 aromatic carbocycles. The van der Waals surface area contributed by atoms with Crippen molar-refractivity contribution in [1.29, 1.82) is 0 Å². The molecule has 7 heteroatoms. The maximum Gasteiger partial charge on any atom is 0.273 e. The van der Waals surface area contributed by atoms with Gasteiger partial charge >= 0.3 is 0 Å². The van der Waals surface area contributed by atoms with Crippen molar-refractivity contribution in [3.63, 3.8) is 0 Å². The Balaban J connectivity index is 1.92. The number of nitro groups is 1. The molecule has 0 bridgehead atoms. The first-order chi connectivity index (χ1) is 11.0. The Bertz CT molecular complexity index is 734. The number of nitrogens with zero attached hydrogens (tertiary/aromatic N) is 1. The number of hydrogen-bond donors (Lipinski definition) is 1. The number of halogens is 1. The zero-order chi connectivity index (χ0) is 16.8. The molecule has 6 nitrogen and oxygen atoms in total. The van der Waals surface area contributed by atoms with E-state index in [2.05, 4.69) is 5.32 Å². The maximum atomic E-state index is 12.1. The molecule has 0 aliphatic rings. The molecule has 0 saturated carbocycles. The first kappa shape index (κ1) is 16.8. The Kier molecular flexibility index (Phi) is 5.54.